The number of terminal acetylenes is 1. The van der Waals surface area contributed by atoms with E-state index in [1.54, 1.807) is 0 Å². The van der Waals surface area contributed by atoms with Gasteiger partial charge in [-0.15, -0.1) is 6.42 Å². The minimum atomic E-state index is 0.168. The van der Waals surface area contributed by atoms with E-state index in [-0.39, 0.29) is 5.41 Å². The highest BCUT2D eigenvalue weighted by atomic mass is 32.1. The van der Waals surface area contributed by atoms with Gasteiger partial charge in [-0.2, -0.15) is 4.37 Å². The van der Waals surface area contributed by atoms with E-state index in [1.807, 2.05) is 0 Å². The van der Waals surface area contributed by atoms with Crippen molar-refractivity contribution in [3.8, 4) is 12.3 Å². The van der Waals surface area contributed by atoms with Crippen molar-refractivity contribution in [2.24, 2.45) is 0 Å². The Morgan fingerprint density at radius 2 is 2.00 bits per heavy atom. The van der Waals surface area contributed by atoms with Gasteiger partial charge >= 0.3 is 0 Å². The summed E-state index contributed by atoms with van der Waals surface area (Å²) < 4.78 is 4.26. The van der Waals surface area contributed by atoms with Gasteiger partial charge in [0.1, 0.15) is 5.69 Å². The van der Waals surface area contributed by atoms with Crippen LogP contribution in [0.15, 0.2) is 5.38 Å². The van der Waals surface area contributed by atoms with Crippen LogP contribution in [0.3, 0.4) is 0 Å². The van der Waals surface area contributed by atoms with Crippen molar-refractivity contribution in [2.75, 3.05) is 0 Å². The van der Waals surface area contributed by atoms with Crippen molar-refractivity contribution in [3.63, 3.8) is 0 Å². The fourth-order valence-electron chi connectivity index (χ4n) is 2.13. The first-order valence-corrected chi connectivity index (χ1v) is 7.37. The van der Waals surface area contributed by atoms with Crippen LogP contribution in [0.5, 0.6) is 0 Å². The Kier molecular flexibility index (Phi) is 5.71. The molecule has 0 N–H and O–H groups in total. The van der Waals surface area contributed by atoms with Gasteiger partial charge in [-0.1, -0.05) is 52.9 Å². The van der Waals surface area contributed by atoms with Gasteiger partial charge in [0.15, 0.2) is 0 Å². The van der Waals surface area contributed by atoms with Crippen molar-refractivity contribution in [3.05, 3.63) is 16.6 Å². The monoisotopic (exact) mass is 249 g/mol. The highest BCUT2D eigenvalue weighted by Crippen LogP contribution is 2.32. The molecule has 0 amide bonds. The number of unbranched alkanes of at least 4 members (excludes halogenated alkanes) is 4. The normalized spacial score (nSPS) is 11.4. The van der Waals surface area contributed by atoms with E-state index in [2.05, 4.69) is 36.4 Å². The van der Waals surface area contributed by atoms with Gasteiger partial charge in [0.2, 0.25) is 0 Å². The fourth-order valence-corrected chi connectivity index (χ4v) is 2.97. The summed E-state index contributed by atoms with van der Waals surface area (Å²) >= 11 is 1.47. The van der Waals surface area contributed by atoms with E-state index in [4.69, 9.17) is 6.42 Å². The molecule has 0 fully saturated rings. The maximum Gasteiger partial charge on any atom is 0.130 e. The van der Waals surface area contributed by atoms with E-state index >= 15 is 0 Å². The third-order valence-electron chi connectivity index (χ3n) is 3.34. The molecule has 1 rings (SSSR count). The second-order valence-electron chi connectivity index (χ2n) is 5.27. The zero-order chi connectivity index (χ0) is 12.7. The van der Waals surface area contributed by atoms with E-state index in [0.29, 0.717) is 0 Å². The Morgan fingerprint density at radius 1 is 1.29 bits per heavy atom. The quantitative estimate of drug-likeness (QED) is 0.501. The van der Waals surface area contributed by atoms with Gasteiger partial charge in [-0.3, -0.25) is 0 Å². The molecule has 0 spiro atoms. The molecule has 0 aliphatic rings. The Balaban J connectivity index is 2.48. The first kappa shape index (κ1) is 14.3. The summed E-state index contributed by atoms with van der Waals surface area (Å²) in [5.74, 6) is 2.69. The van der Waals surface area contributed by atoms with Gasteiger partial charge < -0.3 is 0 Å². The summed E-state index contributed by atoms with van der Waals surface area (Å²) in [6.45, 7) is 6.80. The Hall–Kier alpha value is -0.810. The van der Waals surface area contributed by atoms with Gasteiger partial charge in [-0.25, -0.2) is 0 Å². The van der Waals surface area contributed by atoms with Gasteiger partial charge in [0, 0.05) is 10.9 Å². The Bertz CT molecular complexity index is 371. The molecule has 1 aromatic rings. The summed E-state index contributed by atoms with van der Waals surface area (Å²) in [5.41, 5.74) is 2.26. The molecular weight excluding hydrogens is 226 g/mol. The first-order valence-electron chi connectivity index (χ1n) is 6.53. The molecule has 2 heteroatoms. The highest BCUT2D eigenvalue weighted by molar-refractivity contribution is 7.03. The van der Waals surface area contributed by atoms with Crippen LogP contribution >= 0.6 is 11.5 Å². The maximum atomic E-state index is 5.48. The average Bonchev–Trinajstić information content (AvgIpc) is 2.77. The van der Waals surface area contributed by atoms with E-state index in [0.717, 1.165) is 5.69 Å². The summed E-state index contributed by atoms with van der Waals surface area (Å²) in [6.07, 6.45) is 13.3. The molecule has 1 aromatic heterocycles. The first-order chi connectivity index (χ1) is 8.11. The zero-order valence-electron chi connectivity index (χ0n) is 11.3. The molecule has 0 saturated carbocycles. The smallest absolute Gasteiger partial charge is 0.130 e. The molecule has 0 aliphatic heterocycles. The SMILES string of the molecule is C#Cc1nscc1C(C)(C)CCCCCCC. The number of hydrogen-bond acceptors (Lipinski definition) is 2. The second-order valence-corrected chi connectivity index (χ2v) is 5.90. The van der Waals surface area contributed by atoms with Crippen LogP contribution in [0.25, 0.3) is 0 Å². The standard InChI is InChI=1S/C15H23NS/c1-5-7-8-9-10-11-15(3,4)13-12-17-16-14(13)6-2/h2,12H,5,7-11H2,1,3-4H3. The number of rotatable bonds is 7. The van der Waals surface area contributed by atoms with Crippen LogP contribution in [0.1, 0.15) is 70.6 Å². The lowest BCUT2D eigenvalue weighted by Gasteiger charge is -2.24. The van der Waals surface area contributed by atoms with Crippen LogP contribution in [0, 0.1) is 12.3 Å². The Morgan fingerprint density at radius 3 is 2.65 bits per heavy atom. The summed E-state index contributed by atoms with van der Waals surface area (Å²) in [4.78, 5) is 0. The molecule has 0 aromatic carbocycles. The molecule has 0 saturated heterocycles. The summed E-state index contributed by atoms with van der Waals surface area (Å²) in [6, 6.07) is 0. The largest absolute Gasteiger partial charge is 0.184 e. The number of hydrogen-bond donors (Lipinski definition) is 0. The highest BCUT2D eigenvalue weighted by Gasteiger charge is 2.24. The van der Waals surface area contributed by atoms with E-state index < -0.39 is 0 Å². The van der Waals surface area contributed by atoms with Gasteiger partial charge in [-0.05, 0) is 29.3 Å². The number of aromatic nitrogens is 1. The maximum absolute atomic E-state index is 5.48. The molecule has 1 heterocycles. The van der Waals surface area contributed by atoms with Crippen molar-refractivity contribution in [2.45, 2.75) is 64.7 Å². The van der Waals surface area contributed by atoms with Crippen molar-refractivity contribution in [1.29, 1.82) is 0 Å². The number of nitrogens with zero attached hydrogens (tertiary/aromatic N) is 1. The van der Waals surface area contributed by atoms with Crippen molar-refractivity contribution >= 4 is 11.5 Å². The molecule has 0 unspecified atom stereocenters. The lowest BCUT2D eigenvalue weighted by molar-refractivity contribution is 0.444. The molecule has 1 nitrogen and oxygen atoms in total. The van der Waals surface area contributed by atoms with Gasteiger partial charge in [0.25, 0.3) is 0 Å². The van der Waals surface area contributed by atoms with Crippen molar-refractivity contribution < 1.29 is 0 Å². The topological polar surface area (TPSA) is 12.9 Å². The molecule has 94 valence electrons. The molecule has 0 radical (unpaired) electrons. The molecular formula is C15H23NS. The second kappa shape index (κ2) is 6.81. The fraction of sp³-hybridized carbons (Fsp3) is 0.667. The summed E-state index contributed by atoms with van der Waals surface area (Å²) in [5, 5.41) is 2.11. The predicted octanol–water partition coefficient (Wildman–Crippen LogP) is 4.76. The molecule has 0 bridgehead atoms. The van der Waals surface area contributed by atoms with E-state index in [1.165, 1.54) is 55.6 Å². The molecule has 0 aliphatic carbocycles. The zero-order valence-corrected chi connectivity index (χ0v) is 12.1. The minimum Gasteiger partial charge on any atom is -0.184 e. The molecule has 17 heavy (non-hydrogen) atoms. The van der Waals surface area contributed by atoms with Crippen molar-refractivity contribution in [1.82, 2.24) is 4.37 Å². The Labute approximate surface area is 110 Å². The van der Waals surface area contributed by atoms with Crippen LogP contribution in [0.4, 0.5) is 0 Å². The molecule has 0 atom stereocenters. The van der Waals surface area contributed by atoms with Crippen LogP contribution < -0.4 is 0 Å². The van der Waals surface area contributed by atoms with Crippen LogP contribution in [-0.2, 0) is 5.41 Å². The third kappa shape index (κ3) is 4.16. The van der Waals surface area contributed by atoms with Crippen LogP contribution in [0.2, 0.25) is 0 Å². The third-order valence-corrected chi connectivity index (χ3v) is 3.97. The lowest BCUT2D eigenvalue weighted by Crippen LogP contribution is -2.17. The minimum absolute atomic E-state index is 0.168. The van der Waals surface area contributed by atoms with Crippen LogP contribution in [-0.4, -0.2) is 4.37 Å². The summed E-state index contributed by atoms with van der Waals surface area (Å²) in [7, 11) is 0. The lowest BCUT2D eigenvalue weighted by atomic mass is 9.80. The predicted molar refractivity (Wildman–Crippen MR) is 76.5 cm³/mol. The average molecular weight is 249 g/mol. The van der Waals surface area contributed by atoms with E-state index in [9.17, 15) is 0 Å². The van der Waals surface area contributed by atoms with Gasteiger partial charge in [0.05, 0.1) is 0 Å².